The van der Waals surface area contributed by atoms with E-state index in [1.807, 2.05) is 4.90 Å². The topological polar surface area (TPSA) is 45.1 Å². The van der Waals surface area contributed by atoms with Gasteiger partial charge >= 0.3 is 0 Å². The van der Waals surface area contributed by atoms with Crippen molar-refractivity contribution in [2.45, 2.75) is 6.42 Å². The van der Waals surface area contributed by atoms with Crippen molar-refractivity contribution in [3.05, 3.63) is 29.0 Å². The largest absolute Gasteiger partial charge is 0.334 e. The number of carbonyl (C=O) groups excluding carboxylic acids is 2. The first-order valence-corrected chi connectivity index (χ1v) is 8.19. The van der Waals surface area contributed by atoms with E-state index < -0.39 is 5.82 Å². The third-order valence-corrected chi connectivity index (χ3v) is 4.91. The van der Waals surface area contributed by atoms with E-state index in [4.69, 9.17) is 11.6 Å². The average Bonchev–Trinajstić information content (AvgIpc) is 2.92. The third kappa shape index (κ3) is 3.33. The Hall–Kier alpha value is -1.66. The molecular formula is C16H20ClFN3O2+. The van der Waals surface area contributed by atoms with Crippen molar-refractivity contribution >= 4 is 29.1 Å². The number of rotatable bonds is 2. The van der Waals surface area contributed by atoms with Crippen LogP contribution in [0.2, 0.25) is 5.02 Å². The highest BCUT2D eigenvalue weighted by Crippen LogP contribution is 2.29. The van der Waals surface area contributed by atoms with E-state index in [9.17, 15) is 14.0 Å². The minimum atomic E-state index is -0.519. The molecule has 2 aliphatic heterocycles. The first-order chi connectivity index (χ1) is 11.0. The fourth-order valence-corrected chi connectivity index (χ4v) is 3.32. The summed E-state index contributed by atoms with van der Waals surface area (Å²) in [6.07, 6.45) is 0.201. The highest BCUT2D eigenvalue weighted by molar-refractivity contribution is 6.31. The van der Waals surface area contributed by atoms with Gasteiger partial charge in [0.2, 0.25) is 11.8 Å². The zero-order chi connectivity index (χ0) is 16.6. The minimum Gasteiger partial charge on any atom is -0.334 e. The van der Waals surface area contributed by atoms with Gasteiger partial charge in [0, 0.05) is 18.7 Å². The van der Waals surface area contributed by atoms with Crippen molar-refractivity contribution in [2.24, 2.45) is 5.92 Å². The second kappa shape index (κ2) is 6.45. The van der Waals surface area contributed by atoms with Gasteiger partial charge in [-0.15, -0.1) is 0 Å². The molecule has 0 bridgehead atoms. The molecule has 1 N–H and O–H groups in total. The lowest BCUT2D eigenvalue weighted by molar-refractivity contribution is -0.883. The van der Waals surface area contributed by atoms with E-state index in [-0.39, 0.29) is 29.2 Å². The number of nitrogens with zero attached hydrogens (tertiary/aromatic N) is 2. The molecule has 1 unspecified atom stereocenters. The van der Waals surface area contributed by atoms with E-state index in [1.165, 1.54) is 28.0 Å². The monoisotopic (exact) mass is 340 g/mol. The lowest BCUT2D eigenvalue weighted by atomic mass is 10.1. The fraction of sp³-hybridized carbons (Fsp3) is 0.500. The van der Waals surface area contributed by atoms with Crippen LogP contribution in [0.3, 0.4) is 0 Å². The molecule has 124 valence electrons. The lowest BCUT2D eigenvalue weighted by Crippen LogP contribution is -3.12. The quantitative estimate of drug-likeness (QED) is 0.835. The Kier molecular flexibility index (Phi) is 4.55. The summed E-state index contributed by atoms with van der Waals surface area (Å²) in [5.74, 6) is -0.924. The zero-order valence-corrected chi connectivity index (χ0v) is 13.8. The van der Waals surface area contributed by atoms with Gasteiger partial charge in [0.25, 0.3) is 0 Å². The summed E-state index contributed by atoms with van der Waals surface area (Å²) < 4.78 is 13.3. The summed E-state index contributed by atoms with van der Waals surface area (Å²) >= 11 is 5.78. The van der Waals surface area contributed by atoms with Crippen LogP contribution in [-0.4, -0.2) is 56.5 Å². The summed E-state index contributed by atoms with van der Waals surface area (Å²) in [5.41, 5.74) is 0.541. The van der Waals surface area contributed by atoms with Crippen molar-refractivity contribution in [2.75, 3.05) is 44.7 Å². The predicted octanol–water partition coefficient (Wildman–Crippen LogP) is 0.189. The van der Waals surface area contributed by atoms with Crippen LogP contribution in [0.25, 0.3) is 0 Å². The van der Waals surface area contributed by atoms with Gasteiger partial charge in [-0.1, -0.05) is 11.6 Å². The van der Waals surface area contributed by atoms with Crippen molar-refractivity contribution in [1.82, 2.24) is 4.90 Å². The molecule has 0 aromatic heterocycles. The van der Waals surface area contributed by atoms with Crippen LogP contribution in [0.15, 0.2) is 18.2 Å². The maximum atomic E-state index is 13.3. The van der Waals surface area contributed by atoms with Crippen LogP contribution >= 0.6 is 11.6 Å². The summed E-state index contributed by atoms with van der Waals surface area (Å²) in [6.45, 7) is 3.67. The molecule has 2 heterocycles. The van der Waals surface area contributed by atoms with Crippen LogP contribution in [-0.2, 0) is 9.59 Å². The fourth-order valence-electron chi connectivity index (χ4n) is 3.14. The molecule has 23 heavy (non-hydrogen) atoms. The van der Waals surface area contributed by atoms with Crippen LogP contribution in [0.5, 0.6) is 0 Å². The van der Waals surface area contributed by atoms with Crippen LogP contribution in [0.4, 0.5) is 10.1 Å². The van der Waals surface area contributed by atoms with Gasteiger partial charge in [-0.2, -0.15) is 0 Å². The van der Waals surface area contributed by atoms with Crippen molar-refractivity contribution in [1.29, 1.82) is 0 Å². The molecule has 2 amide bonds. The van der Waals surface area contributed by atoms with Gasteiger partial charge in [-0.3, -0.25) is 9.59 Å². The number of carbonyl (C=O) groups is 2. The molecule has 1 atom stereocenters. The number of anilines is 1. The average molecular weight is 341 g/mol. The van der Waals surface area contributed by atoms with E-state index in [0.29, 0.717) is 12.2 Å². The minimum absolute atomic E-state index is 0.0212. The molecule has 0 saturated carbocycles. The number of piperazine rings is 1. The molecule has 3 rings (SSSR count). The number of benzene rings is 1. The second-order valence-corrected chi connectivity index (χ2v) is 6.69. The maximum Gasteiger partial charge on any atom is 0.228 e. The smallest absolute Gasteiger partial charge is 0.228 e. The highest BCUT2D eigenvalue weighted by Gasteiger charge is 2.38. The molecule has 2 saturated heterocycles. The van der Waals surface area contributed by atoms with E-state index in [0.717, 1.165) is 26.2 Å². The number of quaternary nitrogens is 1. The van der Waals surface area contributed by atoms with Gasteiger partial charge in [0.1, 0.15) is 5.82 Å². The molecule has 0 aliphatic carbocycles. The molecule has 1 aromatic rings. The number of hydrogen-bond donors (Lipinski definition) is 1. The first-order valence-electron chi connectivity index (χ1n) is 7.81. The Labute approximate surface area is 139 Å². The van der Waals surface area contributed by atoms with E-state index in [1.54, 1.807) is 0 Å². The molecule has 0 radical (unpaired) electrons. The summed E-state index contributed by atoms with van der Waals surface area (Å²) in [6, 6.07) is 4.19. The molecule has 2 aliphatic rings. The summed E-state index contributed by atoms with van der Waals surface area (Å²) in [4.78, 5) is 29.6. The molecule has 1 aromatic carbocycles. The van der Waals surface area contributed by atoms with Crippen LogP contribution in [0.1, 0.15) is 6.42 Å². The zero-order valence-electron chi connectivity index (χ0n) is 13.0. The molecule has 5 nitrogen and oxygen atoms in total. The Morgan fingerprint density at radius 3 is 2.70 bits per heavy atom. The number of amides is 2. The Bertz CT molecular complexity index is 632. The third-order valence-electron chi connectivity index (χ3n) is 4.62. The van der Waals surface area contributed by atoms with Crippen molar-refractivity contribution in [3.63, 3.8) is 0 Å². The first kappa shape index (κ1) is 16.2. The van der Waals surface area contributed by atoms with Gasteiger partial charge in [0.05, 0.1) is 44.2 Å². The number of nitrogens with one attached hydrogen (secondary N) is 1. The van der Waals surface area contributed by atoms with Crippen LogP contribution in [0, 0.1) is 11.7 Å². The maximum absolute atomic E-state index is 13.3. The molecular weight excluding hydrogens is 321 g/mol. The van der Waals surface area contributed by atoms with Gasteiger partial charge in [0.15, 0.2) is 0 Å². The van der Waals surface area contributed by atoms with Crippen molar-refractivity contribution < 1.29 is 18.9 Å². The summed E-state index contributed by atoms with van der Waals surface area (Å²) in [7, 11) is 2.11. The standard InChI is InChI=1S/C16H19ClFN3O2/c1-19-4-6-20(7-5-19)16(23)11-8-15(22)21(10-11)12-2-3-14(18)13(17)9-12/h2-3,9,11H,4-8,10H2,1H3/p+1. The predicted molar refractivity (Wildman–Crippen MR) is 85.1 cm³/mol. The highest BCUT2D eigenvalue weighted by atomic mass is 35.5. The second-order valence-electron chi connectivity index (χ2n) is 6.29. The Morgan fingerprint density at radius 2 is 2.04 bits per heavy atom. The van der Waals surface area contributed by atoms with Gasteiger partial charge in [-0.25, -0.2) is 4.39 Å². The van der Waals surface area contributed by atoms with Crippen molar-refractivity contribution in [3.8, 4) is 0 Å². The molecule has 2 fully saturated rings. The summed E-state index contributed by atoms with van der Waals surface area (Å²) in [5, 5.41) is -0.0212. The molecule has 0 spiro atoms. The lowest BCUT2D eigenvalue weighted by Gasteiger charge is -2.31. The Morgan fingerprint density at radius 1 is 1.35 bits per heavy atom. The SMILES string of the molecule is C[NH+]1CCN(C(=O)C2CC(=O)N(c3ccc(F)c(Cl)c3)C2)CC1. The van der Waals surface area contributed by atoms with Gasteiger partial charge < -0.3 is 14.7 Å². The number of halogens is 2. The Balaban J connectivity index is 1.69. The normalized spacial score (nSPS) is 22.7. The van der Waals surface area contributed by atoms with Crippen LogP contribution < -0.4 is 9.80 Å². The molecule has 7 heteroatoms. The van der Waals surface area contributed by atoms with E-state index in [2.05, 4.69) is 7.05 Å². The van der Waals surface area contributed by atoms with Gasteiger partial charge in [-0.05, 0) is 18.2 Å². The van der Waals surface area contributed by atoms with E-state index >= 15 is 0 Å². The number of hydrogen-bond acceptors (Lipinski definition) is 2. The number of likely N-dealkylation sites (N-methyl/N-ethyl adjacent to an activating group) is 1.